The van der Waals surface area contributed by atoms with E-state index in [0.29, 0.717) is 23.1 Å². The maximum absolute atomic E-state index is 14.6. The van der Waals surface area contributed by atoms with E-state index in [1.165, 1.54) is 47.4 Å². The number of nitrogens with one attached hydrogen (secondary N) is 2. The molecule has 4 rings (SSSR count). The minimum absolute atomic E-state index is 0.0225. The second kappa shape index (κ2) is 11.6. The van der Waals surface area contributed by atoms with Crippen molar-refractivity contribution in [1.82, 2.24) is 10.2 Å². The molecule has 0 bridgehead atoms. The summed E-state index contributed by atoms with van der Waals surface area (Å²) >= 11 is 13.0. The van der Waals surface area contributed by atoms with Crippen LogP contribution in [0.3, 0.4) is 0 Å². The van der Waals surface area contributed by atoms with E-state index in [0.717, 1.165) is 0 Å². The van der Waals surface area contributed by atoms with E-state index < -0.39 is 32.9 Å². The van der Waals surface area contributed by atoms with E-state index in [4.69, 9.17) is 23.2 Å². The number of hydrogen-bond donors (Lipinski definition) is 2. The van der Waals surface area contributed by atoms with E-state index in [2.05, 4.69) is 10.6 Å². The summed E-state index contributed by atoms with van der Waals surface area (Å²) in [5.41, 5.74) is -1.90. The van der Waals surface area contributed by atoms with Crippen LogP contribution >= 0.6 is 23.2 Å². The molecule has 3 aromatic carbocycles. The average molecular weight is 632 g/mol. The maximum atomic E-state index is 14.6. The first-order valence-electron chi connectivity index (χ1n) is 13.3. The second-order valence-electron chi connectivity index (χ2n) is 10.8. The largest absolute Gasteiger partial charge is 0.326 e. The first kappa shape index (κ1) is 31.3. The molecule has 3 aromatic rings. The number of benzene rings is 3. The highest BCUT2D eigenvalue weighted by Crippen LogP contribution is 2.49. The van der Waals surface area contributed by atoms with Gasteiger partial charge in [0.05, 0.1) is 10.6 Å². The fourth-order valence-electron chi connectivity index (χ4n) is 4.70. The third-order valence-electron chi connectivity index (χ3n) is 7.04. The molecular weight excluding hydrogens is 599 g/mol. The minimum atomic E-state index is -4.53. The first-order chi connectivity index (χ1) is 19.7. The van der Waals surface area contributed by atoms with Gasteiger partial charge in [0.2, 0.25) is 5.91 Å². The zero-order valence-corrected chi connectivity index (χ0v) is 26.2. The number of anilines is 2. The van der Waals surface area contributed by atoms with Gasteiger partial charge in [0.15, 0.2) is 5.54 Å². The number of halogens is 2. The lowest BCUT2D eigenvalue weighted by molar-refractivity contribution is -0.123. The molecule has 1 aliphatic rings. The second-order valence-corrected chi connectivity index (χ2v) is 13.4. The van der Waals surface area contributed by atoms with Gasteiger partial charge in [-0.2, -0.15) is 4.31 Å². The number of carbonyl (C=O) groups is 3. The van der Waals surface area contributed by atoms with Crippen LogP contribution in [-0.4, -0.2) is 44.3 Å². The van der Waals surface area contributed by atoms with Crippen LogP contribution in [0.4, 0.5) is 16.2 Å². The predicted octanol–water partition coefficient (Wildman–Crippen LogP) is 6.01. The topological polar surface area (TPSA) is 116 Å². The summed E-state index contributed by atoms with van der Waals surface area (Å²) in [6.07, 6.45) is 0. The number of fused-ring (bicyclic) bond motifs is 1. The molecule has 42 heavy (non-hydrogen) atoms. The van der Waals surface area contributed by atoms with Crippen molar-refractivity contribution in [3.8, 4) is 0 Å². The van der Waals surface area contributed by atoms with Crippen LogP contribution in [0.1, 0.15) is 45.7 Å². The molecule has 1 heterocycles. The Kier molecular flexibility index (Phi) is 8.64. The van der Waals surface area contributed by atoms with Gasteiger partial charge in [0, 0.05) is 45.4 Å². The van der Waals surface area contributed by atoms with E-state index >= 15 is 0 Å². The van der Waals surface area contributed by atoms with Crippen molar-refractivity contribution in [1.29, 1.82) is 0 Å². The molecule has 9 nitrogen and oxygen atoms in total. The summed E-state index contributed by atoms with van der Waals surface area (Å²) in [4.78, 5) is 41.8. The minimum Gasteiger partial charge on any atom is -0.326 e. The monoisotopic (exact) mass is 630 g/mol. The zero-order valence-electron chi connectivity index (χ0n) is 23.9. The van der Waals surface area contributed by atoms with Crippen LogP contribution in [0.15, 0.2) is 71.6 Å². The molecule has 0 radical (unpaired) electrons. The number of rotatable bonds is 7. The summed E-state index contributed by atoms with van der Waals surface area (Å²) < 4.78 is 29.0. The molecule has 222 valence electrons. The Hall–Kier alpha value is -3.60. The van der Waals surface area contributed by atoms with Crippen molar-refractivity contribution in [2.24, 2.45) is 5.41 Å². The van der Waals surface area contributed by atoms with E-state index in [1.807, 2.05) is 0 Å². The highest BCUT2D eigenvalue weighted by molar-refractivity contribution is 7.93. The van der Waals surface area contributed by atoms with Gasteiger partial charge in [-0.25, -0.2) is 13.2 Å². The Bertz CT molecular complexity index is 1650. The smallest absolute Gasteiger partial charge is 0.318 e. The molecule has 0 saturated heterocycles. The van der Waals surface area contributed by atoms with Crippen molar-refractivity contribution in [2.75, 3.05) is 22.7 Å². The molecule has 0 aliphatic carbocycles. The summed E-state index contributed by atoms with van der Waals surface area (Å²) in [6, 6.07) is 15.7. The third-order valence-corrected chi connectivity index (χ3v) is 9.32. The molecule has 12 heteroatoms. The Morgan fingerprint density at radius 1 is 0.929 bits per heavy atom. The van der Waals surface area contributed by atoms with Gasteiger partial charge in [-0.3, -0.25) is 9.59 Å². The third kappa shape index (κ3) is 5.46. The normalized spacial score (nSPS) is 16.6. The Balaban J connectivity index is 1.89. The van der Waals surface area contributed by atoms with Crippen LogP contribution in [-0.2, 0) is 25.2 Å². The maximum Gasteiger partial charge on any atom is 0.318 e. The molecule has 0 spiro atoms. The summed E-state index contributed by atoms with van der Waals surface area (Å²) in [5, 5.41) is 5.95. The van der Waals surface area contributed by atoms with Crippen molar-refractivity contribution in [3.63, 3.8) is 0 Å². The number of nitrogens with zero attached hydrogens (tertiary/aromatic N) is 2. The molecule has 1 atom stereocenters. The van der Waals surface area contributed by atoms with Crippen molar-refractivity contribution in [2.45, 2.75) is 45.1 Å². The van der Waals surface area contributed by atoms with Crippen LogP contribution in [0.5, 0.6) is 0 Å². The van der Waals surface area contributed by atoms with Gasteiger partial charge in [-0.15, -0.1) is 0 Å². The zero-order chi connectivity index (χ0) is 31.0. The number of urea groups is 1. The highest BCUT2D eigenvalue weighted by Gasteiger charge is 2.58. The van der Waals surface area contributed by atoms with Gasteiger partial charge in [-0.05, 0) is 62.4 Å². The average Bonchev–Trinajstić information content (AvgIpc) is 3.17. The number of hydrogen-bond acceptors (Lipinski definition) is 5. The summed E-state index contributed by atoms with van der Waals surface area (Å²) in [7, 11) is -4.53. The first-order valence-corrected chi connectivity index (χ1v) is 15.5. The van der Waals surface area contributed by atoms with Gasteiger partial charge in [-0.1, -0.05) is 62.2 Å². The fraction of sp³-hybridized carbons (Fsp3) is 0.300. The molecule has 0 fully saturated rings. The summed E-state index contributed by atoms with van der Waals surface area (Å²) in [6.45, 7) is 9.54. The van der Waals surface area contributed by atoms with Gasteiger partial charge >= 0.3 is 6.03 Å². The SMILES string of the molecule is CCN(CC)C(=O)NC1(c2ccccc2Cl)C(=O)N(S(=O)(=O)c2ccc(NC(=O)C(C)(C)C)cc2)c2ccc(Cl)cc21. The van der Waals surface area contributed by atoms with Crippen LogP contribution < -0.4 is 14.9 Å². The molecular formula is C30H32Cl2N4O5S. The number of carbonyl (C=O) groups excluding carboxylic acids is 3. The predicted molar refractivity (Wildman–Crippen MR) is 164 cm³/mol. The number of amides is 4. The van der Waals surface area contributed by atoms with E-state index in [9.17, 15) is 22.8 Å². The van der Waals surface area contributed by atoms with Gasteiger partial charge in [0.1, 0.15) is 0 Å². The quantitative estimate of drug-likeness (QED) is 0.332. The van der Waals surface area contributed by atoms with Crippen molar-refractivity contribution >= 4 is 62.4 Å². The highest BCUT2D eigenvalue weighted by atomic mass is 35.5. The fourth-order valence-corrected chi connectivity index (χ4v) is 6.61. The van der Waals surface area contributed by atoms with Crippen LogP contribution in [0.2, 0.25) is 10.0 Å². The lowest BCUT2D eigenvalue weighted by Gasteiger charge is -2.33. The molecule has 4 amide bonds. The Morgan fingerprint density at radius 3 is 2.12 bits per heavy atom. The van der Waals surface area contributed by atoms with Gasteiger partial charge in [0.25, 0.3) is 15.9 Å². The van der Waals surface area contributed by atoms with Crippen molar-refractivity contribution in [3.05, 3.63) is 87.9 Å². The van der Waals surface area contributed by atoms with Crippen LogP contribution in [0.25, 0.3) is 0 Å². The lowest BCUT2D eigenvalue weighted by atomic mass is 9.83. The van der Waals surface area contributed by atoms with Crippen LogP contribution in [0, 0.1) is 5.41 Å². The Morgan fingerprint density at radius 2 is 1.55 bits per heavy atom. The molecule has 0 aromatic heterocycles. The van der Waals surface area contributed by atoms with E-state index in [1.54, 1.807) is 58.9 Å². The Labute approximate surface area is 255 Å². The standard InChI is InChI=1S/C30H32Cl2N4O5S/c1-6-35(7-2)28(39)34-30(22-10-8-9-11-24(22)32)23-18-19(31)12-17-25(23)36(27(30)38)42(40,41)21-15-13-20(14-16-21)33-26(37)29(3,4)5/h8-18H,6-7H2,1-5H3,(H,33,37)(H,34,39). The van der Waals surface area contributed by atoms with E-state index in [-0.39, 0.29) is 37.7 Å². The van der Waals surface area contributed by atoms with Gasteiger partial charge < -0.3 is 15.5 Å². The molecule has 0 saturated carbocycles. The molecule has 1 aliphatic heterocycles. The van der Waals surface area contributed by atoms with Crippen molar-refractivity contribution < 1.29 is 22.8 Å². The number of sulfonamides is 1. The lowest BCUT2D eigenvalue weighted by Crippen LogP contribution is -2.57. The molecule has 2 N–H and O–H groups in total. The summed E-state index contributed by atoms with van der Waals surface area (Å²) in [5.74, 6) is -1.19. The molecule has 1 unspecified atom stereocenters.